The lowest BCUT2D eigenvalue weighted by molar-refractivity contribution is 0.101. The van der Waals surface area contributed by atoms with Crippen LogP contribution in [0.5, 0.6) is 0 Å². The van der Waals surface area contributed by atoms with Crippen LogP contribution in [0.2, 0.25) is 0 Å². The van der Waals surface area contributed by atoms with Crippen molar-refractivity contribution in [3.8, 4) is 0 Å². The molecule has 82 valence electrons. The Hall–Kier alpha value is -1.49. The second-order valence-electron chi connectivity index (χ2n) is 3.08. The maximum absolute atomic E-state index is 12.9. The molecule has 0 aliphatic heterocycles. The Balaban J connectivity index is 2.45. The normalized spacial score (nSPS) is 10.4. The minimum Gasteiger partial charge on any atom is -0.460 e. The average Bonchev–Trinajstić information content (AvgIpc) is 2.62. The predicted octanol–water partition coefficient (Wildman–Crippen LogP) is 3.55. The third-order valence-corrected chi connectivity index (χ3v) is 2.57. The van der Waals surface area contributed by atoms with Crippen molar-refractivity contribution < 1.29 is 18.0 Å². The van der Waals surface area contributed by atoms with Crippen LogP contribution in [0, 0.1) is 11.6 Å². The monoisotopic (exact) mass is 286 g/mol. The Morgan fingerprint density at radius 2 is 1.81 bits per heavy atom. The molecule has 0 saturated carbocycles. The summed E-state index contributed by atoms with van der Waals surface area (Å²) in [6, 6.07) is 4.15. The summed E-state index contributed by atoms with van der Waals surface area (Å²) in [4.78, 5) is 11.8. The van der Waals surface area contributed by atoms with E-state index >= 15 is 0 Å². The van der Waals surface area contributed by atoms with E-state index in [1.807, 2.05) is 0 Å². The maximum Gasteiger partial charge on any atom is 0.229 e. The van der Waals surface area contributed by atoms with Gasteiger partial charge in [-0.1, -0.05) is 0 Å². The zero-order valence-corrected chi connectivity index (χ0v) is 9.42. The molecule has 1 aromatic carbocycles. The number of ketones is 1. The van der Waals surface area contributed by atoms with Crippen LogP contribution < -0.4 is 0 Å². The van der Waals surface area contributed by atoms with E-state index < -0.39 is 17.4 Å². The molecule has 0 radical (unpaired) electrons. The molecule has 1 heterocycles. The van der Waals surface area contributed by atoms with Crippen molar-refractivity contribution in [3.05, 3.63) is 58.0 Å². The second kappa shape index (κ2) is 4.17. The molecule has 2 rings (SSSR count). The molecular formula is C11H5BrF2O2. The minimum absolute atomic E-state index is 0.0185. The summed E-state index contributed by atoms with van der Waals surface area (Å²) in [5.74, 6) is -2.16. The highest BCUT2D eigenvalue weighted by molar-refractivity contribution is 9.10. The molecule has 0 bridgehead atoms. The van der Waals surface area contributed by atoms with Gasteiger partial charge in [0.1, 0.15) is 11.6 Å². The molecule has 0 saturated heterocycles. The van der Waals surface area contributed by atoms with E-state index in [-0.39, 0.29) is 11.3 Å². The van der Waals surface area contributed by atoms with Crippen LogP contribution in [0.4, 0.5) is 8.78 Å². The van der Waals surface area contributed by atoms with Gasteiger partial charge in [0.25, 0.3) is 0 Å². The molecule has 2 nitrogen and oxygen atoms in total. The van der Waals surface area contributed by atoms with Gasteiger partial charge in [0.05, 0.1) is 10.7 Å². The first-order chi connectivity index (χ1) is 7.58. The number of hydrogen-bond donors (Lipinski definition) is 0. The summed E-state index contributed by atoms with van der Waals surface area (Å²) >= 11 is 3.10. The summed E-state index contributed by atoms with van der Waals surface area (Å²) < 4.78 is 31.2. The van der Waals surface area contributed by atoms with Gasteiger partial charge in [0, 0.05) is 11.6 Å². The molecule has 0 N–H and O–H groups in total. The molecule has 5 heteroatoms. The van der Waals surface area contributed by atoms with E-state index in [9.17, 15) is 13.6 Å². The third-order valence-electron chi connectivity index (χ3n) is 1.95. The Kier molecular flexibility index (Phi) is 2.87. The number of carbonyl (C=O) groups is 1. The lowest BCUT2D eigenvalue weighted by atomic mass is 10.1. The first-order valence-electron chi connectivity index (χ1n) is 4.31. The fourth-order valence-electron chi connectivity index (χ4n) is 1.27. The number of hydrogen-bond acceptors (Lipinski definition) is 2. The van der Waals surface area contributed by atoms with E-state index in [1.165, 1.54) is 12.3 Å². The van der Waals surface area contributed by atoms with E-state index in [0.717, 1.165) is 12.1 Å². The zero-order chi connectivity index (χ0) is 11.7. The number of carbonyl (C=O) groups excluding carboxylic acids is 1. The fourth-order valence-corrected chi connectivity index (χ4v) is 1.65. The molecule has 2 aromatic rings. The zero-order valence-electron chi connectivity index (χ0n) is 7.84. The van der Waals surface area contributed by atoms with Crippen LogP contribution in [0.25, 0.3) is 0 Å². The highest BCUT2D eigenvalue weighted by atomic mass is 79.9. The molecule has 16 heavy (non-hydrogen) atoms. The van der Waals surface area contributed by atoms with Gasteiger partial charge in [-0.25, -0.2) is 8.78 Å². The smallest absolute Gasteiger partial charge is 0.229 e. The van der Waals surface area contributed by atoms with Gasteiger partial charge in [-0.2, -0.15) is 0 Å². The van der Waals surface area contributed by atoms with Gasteiger partial charge >= 0.3 is 0 Å². The minimum atomic E-state index is -0.800. The van der Waals surface area contributed by atoms with Gasteiger partial charge in [-0.15, -0.1) is 0 Å². The third kappa shape index (κ3) is 2.04. The number of halogens is 3. The lowest BCUT2D eigenvalue weighted by Gasteiger charge is -1.99. The number of rotatable bonds is 2. The molecule has 0 aliphatic rings. The Morgan fingerprint density at radius 3 is 2.31 bits per heavy atom. The van der Waals surface area contributed by atoms with Crippen molar-refractivity contribution in [2.45, 2.75) is 0 Å². The molecule has 0 aliphatic carbocycles. The summed E-state index contributed by atoms with van der Waals surface area (Å²) in [6.07, 6.45) is 1.31. The highest BCUT2D eigenvalue weighted by Gasteiger charge is 2.17. The van der Waals surface area contributed by atoms with Crippen molar-refractivity contribution in [2.24, 2.45) is 0 Å². The maximum atomic E-state index is 12.9. The Morgan fingerprint density at radius 1 is 1.19 bits per heavy atom. The van der Waals surface area contributed by atoms with Crippen LogP contribution in [0.1, 0.15) is 16.1 Å². The highest BCUT2D eigenvalue weighted by Crippen LogP contribution is 2.21. The quantitative estimate of drug-likeness (QED) is 0.791. The molecule has 1 aromatic heterocycles. The molecule has 0 fully saturated rings. The SMILES string of the molecule is O=C(c1cc(F)cc(F)c1)c1occc1Br. The van der Waals surface area contributed by atoms with Crippen molar-refractivity contribution in [1.29, 1.82) is 0 Å². The molecule has 0 spiro atoms. The number of furan rings is 1. The predicted molar refractivity (Wildman–Crippen MR) is 56.2 cm³/mol. The van der Waals surface area contributed by atoms with Gasteiger partial charge < -0.3 is 4.42 Å². The van der Waals surface area contributed by atoms with Crippen molar-refractivity contribution >= 4 is 21.7 Å². The van der Waals surface area contributed by atoms with Crippen LogP contribution in [-0.2, 0) is 0 Å². The standard InChI is InChI=1S/C11H5BrF2O2/c12-9-1-2-16-11(9)10(15)6-3-7(13)5-8(14)4-6/h1-5H. The fraction of sp³-hybridized carbons (Fsp3) is 0. The van der Waals surface area contributed by atoms with E-state index in [4.69, 9.17) is 4.42 Å². The Labute approximate surface area is 98.0 Å². The largest absolute Gasteiger partial charge is 0.460 e. The van der Waals surface area contributed by atoms with Crippen molar-refractivity contribution in [3.63, 3.8) is 0 Å². The molecule has 0 atom stereocenters. The van der Waals surface area contributed by atoms with Crippen LogP contribution in [0.3, 0.4) is 0 Å². The Bertz CT molecular complexity index is 528. The number of benzene rings is 1. The molecule has 0 unspecified atom stereocenters. The first kappa shape index (κ1) is 11.0. The van der Waals surface area contributed by atoms with Crippen molar-refractivity contribution in [1.82, 2.24) is 0 Å². The topological polar surface area (TPSA) is 30.2 Å². The first-order valence-corrected chi connectivity index (χ1v) is 5.11. The van der Waals surface area contributed by atoms with Crippen LogP contribution in [0.15, 0.2) is 39.4 Å². The van der Waals surface area contributed by atoms with Gasteiger partial charge in [0.2, 0.25) is 5.78 Å². The molecule has 0 amide bonds. The summed E-state index contributed by atoms with van der Waals surface area (Å²) in [6.45, 7) is 0. The second-order valence-corrected chi connectivity index (χ2v) is 3.94. The van der Waals surface area contributed by atoms with Gasteiger partial charge in [-0.3, -0.25) is 4.79 Å². The van der Waals surface area contributed by atoms with Crippen LogP contribution in [-0.4, -0.2) is 5.78 Å². The van der Waals surface area contributed by atoms with E-state index in [0.29, 0.717) is 10.5 Å². The summed E-state index contributed by atoms with van der Waals surface area (Å²) in [7, 11) is 0. The van der Waals surface area contributed by atoms with Gasteiger partial charge in [-0.05, 0) is 34.1 Å². The molecular weight excluding hydrogens is 282 g/mol. The summed E-state index contributed by atoms with van der Waals surface area (Å²) in [5.41, 5.74) is -0.0897. The van der Waals surface area contributed by atoms with Crippen molar-refractivity contribution in [2.75, 3.05) is 0 Å². The lowest BCUT2D eigenvalue weighted by Crippen LogP contribution is -2.01. The van der Waals surface area contributed by atoms with Gasteiger partial charge in [0.15, 0.2) is 5.76 Å². The summed E-state index contributed by atoms with van der Waals surface area (Å²) in [5, 5.41) is 0. The van der Waals surface area contributed by atoms with E-state index in [2.05, 4.69) is 15.9 Å². The average molecular weight is 287 g/mol. The van der Waals surface area contributed by atoms with Crippen LogP contribution >= 0.6 is 15.9 Å². The van der Waals surface area contributed by atoms with E-state index in [1.54, 1.807) is 0 Å².